The summed E-state index contributed by atoms with van der Waals surface area (Å²) < 4.78 is 11.8. The van der Waals surface area contributed by atoms with Crippen LogP contribution < -0.4 is 5.32 Å². The lowest BCUT2D eigenvalue weighted by atomic mass is 9.83. The van der Waals surface area contributed by atoms with Gasteiger partial charge in [-0.05, 0) is 38.0 Å². The van der Waals surface area contributed by atoms with E-state index < -0.39 is 0 Å². The molecule has 1 saturated heterocycles. The summed E-state index contributed by atoms with van der Waals surface area (Å²) in [5, 5.41) is 3.55. The average molecular weight is 253 g/mol. The van der Waals surface area contributed by atoms with Crippen LogP contribution in [0.1, 0.15) is 51.4 Å². The third-order valence-corrected chi connectivity index (χ3v) is 4.61. The van der Waals surface area contributed by atoms with Crippen molar-refractivity contribution < 1.29 is 9.47 Å². The highest BCUT2D eigenvalue weighted by Crippen LogP contribution is 2.29. The molecule has 0 amide bonds. The molecule has 0 aromatic rings. The first-order valence-corrected chi connectivity index (χ1v) is 7.87. The summed E-state index contributed by atoms with van der Waals surface area (Å²) in [5.74, 6) is 0.963. The zero-order valence-corrected chi connectivity index (χ0v) is 11.4. The second-order valence-corrected chi connectivity index (χ2v) is 6.30. The van der Waals surface area contributed by atoms with Gasteiger partial charge in [0, 0.05) is 19.2 Å². The summed E-state index contributed by atoms with van der Waals surface area (Å²) in [6.07, 6.45) is 11.5. The molecule has 0 radical (unpaired) electrons. The van der Waals surface area contributed by atoms with Gasteiger partial charge in [-0.1, -0.05) is 19.3 Å². The van der Waals surface area contributed by atoms with E-state index in [0.29, 0.717) is 12.2 Å². The molecule has 2 aliphatic carbocycles. The number of hydrogen-bond acceptors (Lipinski definition) is 3. The maximum atomic E-state index is 6.00. The minimum atomic E-state index is 0.359. The van der Waals surface area contributed by atoms with Crippen LogP contribution in [-0.4, -0.2) is 38.0 Å². The van der Waals surface area contributed by atoms with E-state index in [1.54, 1.807) is 0 Å². The van der Waals surface area contributed by atoms with Crippen molar-refractivity contribution in [2.45, 2.75) is 69.6 Å². The average Bonchev–Trinajstić information content (AvgIpc) is 3.04. The molecule has 18 heavy (non-hydrogen) atoms. The third kappa shape index (κ3) is 3.94. The van der Waals surface area contributed by atoms with Gasteiger partial charge in [-0.2, -0.15) is 0 Å². The normalized spacial score (nSPS) is 32.7. The van der Waals surface area contributed by atoms with Gasteiger partial charge in [0.05, 0.1) is 18.8 Å². The highest BCUT2D eigenvalue weighted by Gasteiger charge is 2.28. The molecule has 1 heterocycles. The zero-order valence-electron chi connectivity index (χ0n) is 11.4. The summed E-state index contributed by atoms with van der Waals surface area (Å²) in [6.45, 7) is 2.80. The van der Waals surface area contributed by atoms with Gasteiger partial charge in [-0.3, -0.25) is 0 Å². The van der Waals surface area contributed by atoms with Crippen molar-refractivity contribution in [3.63, 3.8) is 0 Å². The van der Waals surface area contributed by atoms with Crippen molar-refractivity contribution in [2.24, 2.45) is 5.92 Å². The van der Waals surface area contributed by atoms with E-state index in [0.717, 1.165) is 31.7 Å². The molecule has 2 saturated carbocycles. The molecule has 104 valence electrons. The monoisotopic (exact) mass is 253 g/mol. The minimum absolute atomic E-state index is 0.359. The zero-order chi connectivity index (χ0) is 12.2. The summed E-state index contributed by atoms with van der Waals surface area (Å²) in [4.78, 5) is 0. The van der Waals surface area contributed by atoms with Crippen LogP contribution in [0.2, 0.25) is 0 Å². The molecule has 0 aromatic heterocycles. The molecule has 3 fully saturated rings. The fraction of sp³-hybridized carbons (Fsp3) is 1.00. The van der Waals surface area contributed by atoms with Gasteiger partial charge in [-0.25, -0.2) is 0 Å². The maximum Gasteiger partial charge on any atom is 0.0813 e. The Kier molecular flexibility index (Phi) is 4.55. The van der Waals surface area contributed by atoms with Crippen LogP contribution in [0.3, 0.4) is 0 Å². The van der Waals surface area contributed by atoms with E-state index in [9.17, 15) is 0 Å². The summed E-state index contributed by atoms with van der Waals surface area (Å²) in [6, 6.07) is 0.798. The van der Waals surface area contributed by atoms with Crippen LogP contribution in [0, 0.1) is 5.92 Å². The summed E-state index contributed by atoms with van der Waals surface area (Å²) in [7, 11) is 0. The van der Waals surface area contributed by atoms with E-state index in [2.05, 4.69) is 5.32 Å². The third-order valence-electron chi connectivity index (χ3n) is 4.61. The van der Waals surface area contributed by atoms with Gasteiger partial charge in [-0.15, -0.1) is 0 Å². The molecule has 3 nitrogen and oxygen atoms in total. The van der Waals surface area contributed by atoms with Crippen molar-refractivity contribution in [3.8, 4) is 0 Å². The summed E-state index contributed by atoms with van der Waals surface area (Å²) in [5.41, 5.74) is 0. The lowest BCUT2D eigenvalue weighted by Crippen LogP contribution is -2.29. The molecule has 2 unspecified atom stereocenters. The predicted octanol–water partition coefficient (Wildman–Crippen LogP) is 2.49. The van der Waals surface area contributed by atoms with Crippen molar-refractivity contribution in [3.05, 3.63) is 0 Å². The second-order valence-electron chi connectivity index (χ2n) is 6.30. The van der Waals surface area contributed by atoms with E-state index in [1.165, 1.54) is 51.4 Å². The van der Waals surface area contributed by atoms with Crippen molar-refractivity contribution in [1.29, 1.82) is 0 Å². The molecular weight excluding hydrogens is 226 g/mol. The molecule has 0 spiro atoms. The maximum absolute atomic E-state index is 6.00. The van der Waals surface area contributed by atoms with E-state index in [4.69, 9.17) is 9.47 Å². The minimum Gasteiger partial charge on any atom is -0.379 e. The highest BCUT2D eigenvalue weighted by atomic mass is 16.5. The Balaban J connectivity index is 1.20. The number of rotatable bonds is 8. The lowest BCUT2D eigenvalue weighted by molar-refractivity contribution is -0.0183. The Morgan fingerprint density at radius 3 is 2.56 bits per heavy atom. The first kappa shape index (κ1) is 12.9. The Labute approximate surface area is 111 Å². The van der Waals surface area contributed by atoms with E-state index in [1.807, 2.05) is 0 Å². The molecule has 3 aliphatic rings. The fourth-order valence-electron chi connectivity index (χ4n) is 2.88. The first-order valence-electron chi connectivity index (χ1n) is 7.87. The Hall–Kier alpha value is -0.120. The van der Waals surface area contributed by atoms with E-state index >= 15 is 0 Å². The van der Waals surface area contributed by atoms with Crippen molar-refractivity contribution in [1.82, 2.24) is 5.32 Å². The predicted molar refractivity (Wildman–Crippen MR) is 71.7 cm³/mol. The number of hydrogen-bond donors (Lipinski definition) is 1. The van der Waals surface area contributed by atoms with Gasteiger partial charge in [0.15, 0.2) is 0 Å². The molecule has 1 N–H and O–H groups in total. The molecule has 0 bridgehead atoms. The van der Waals surface area contributed by atoms with Gasteiger partial charge in [0.2, 0.25) is 0 Å². The van der Waals surface area contributed by atoms with Gasteiger partial charge in [0.25, 0.3) is 0 Å². The first-order chi connectivity index (χ1) is 8.90. The summed E-state index contributed by atoms with van der Waals surface area (Å²) >= 11 is 0. The van der Waals surface area contributed by atoms with Crippen LogP contribution in [0.25, 0.3) is 0 Å². The highest BCUT2D eigenvalue weighted by molar-refractivity contribution is 4.84. The van der Waals surface area contributed by atoms with Crippen LogP contribution >= 0.6 is 0 Å². The number of nitrogens with one attached hydrogen (secondary N) is 1. The van der Waals surface area contributed by atoms with Crippen molar-refractivity contribution >= 4 is 0 Å². The fourth-order valence-corrected chi connectivity index (χ4v) is 2.88. The molecule has 3 heteroatoms. The van der Waals surface area contributed by atoms with Crippen molar-refractivity contribution in [2.75, 3.05) is 19.8 Å². The van der Waals surface area contributed by atoms with Crippen LogP contribution in [0.15, 0.2) is 0 Å². The molecule has 3 rings (SSSR count). The van der Waals surface area contributed by atoms with Gasteiger partial charge >= 0.3 is 0 Å². The molecule has 1 aliphatic heterocycles. The van der Waals surface area contributed by atoms with Gasteiger partial charge in [0.1, 0.15) is 0 Å². The largest absolute Gasteiger partial charge is 0.379 e. The Morgan fingerprint density at radius 1 is 1.00 bits per heavy atom. The van der Waals surface area contributed by atoms with E-state index in [-0.39, 0.29) is 0 Å². The van der Waals surface area contributed by atoms with Crippen LogP contribution in [0.5, 0.6) is 0 Å². The Morgan fingerprint density at radius 2 is 1.83 bits per heavy atom. The molecule has 0 aromatic carbocycles. The SMILES string of the molecule is C1CC(CCOCC2CCC(CNC3CC3)O2)C1. The quantitative estimate of drug-likeness (QED) is 0.674. The molecule has 2 atom stereocenters. The Bertz CT molecular complexity index is 251. The number of ether oxygens (including phenoxy) is 2. The molecular formula is C15H27NO2. The van der Waals surface area contributed by atoms with Crippen LogP contribution in [-0.2, 0) is 9.47 Å². The van der Waals surface area contributed by atoms with Crippen LogP contribution in [0.4, 0.5) is 0 Å². The van der Waals surface area contributed by atoms with Gasteiger partial charge < -0.3 is 14.8 Å². The standard InChI is InChI=1S/C15H27NO2/c1-2-12(3-1)8-9-17-11-15-7-6-14(18-15)10-16-13-4-5-13/h12-16H,1-11H2. The second kappa shape index (κ2) is 6.36. The topological polar surface area (TPSA) is 30.5 Å². The smallest absolute Gasteiger partial charge is 0.0813 e. The lowest BCUT2D eigenvalue weighted by Gasteiger charge is -2.25.